The molecule has 0 aliphatic carbocycles. The van der Waals surface area contributed by atoms with Crippen LogP contribution in [0.2, 0.25) is 0 Å². The molecule has 0 saturated heterocycles. The van der Waals surface area contributed by atoms with Crippen LogP contribution in [0, 0.1) is 10.1 Å². The minimum atomic E-state index is -0.565. The number of benzene rings is 2. The summed E-state index contributed by atoms with van der Waals surface area (Å²) in [7, 11) is 0. The van der Waals surface area contributed by atoms with E-state index in [1.54, 1.807) is 12.1 Å². The number of aromatic nitrogens is 2. The van der Waals surface area contributed by atoms with Gasteiger partial charge in [-0.05, 0) is 30.7 Å². The molecule has 1 heterocycles. The number of phenols is 1. The molecule has 28 heavy (non-hydrogen) atoms. The van der Waals surface area contributed by atoms with E-state index < -0.39 is 4.92 Å². The van der Waals surface area contributed by atoms with Crippen molar-refractivity contribution in [2.45, 2.75) is 26.2 Å². The van der Waals surface area contributed by atoms with E-state index in [1.807, 2.05) is 13.0 Å². The normalized spacial score (nSPS) is 11.4. The number of nitro groups is 1. The van der Waals surface area contributed by atoms with Crippen LogP contribution < -0.4 is 5.56 Å². The van der Waals surface area contributed by atoms with Crippen LogP contribution in [-0.2, 0) is 6.42 Å². The minimum absolute atomic E-state index is 0.136. The number of rotatable bonds is 6. The van der Waals surface area contributed by atoms with Gasteiger partial charge in [-0.3, -0.25) is 14.9 Å². The Morgan fingerprint density at radius 3 is 2.82 bits per heavy atom. The average Bonchev–Trinajstić information content (AvgIpc) is 2.67. The van der Waals surface area contributed by atoms with Gasteiger partial charge in [-0.25, -0.2) is 4.98 Å². The van der Waals surface area contributed by atoms with E-state index in [1.165, 1.54) is 29.1 Å². The van der Waals surface area contributed by atoms with E-state index in [-0.39, 0.29) is 22.6 Å². The second-order valence-electron chi connectivity index (χ2n) is 6.15. The molecule has 1 N–H and O–H groups in total. The first-order valence-electron chi connectivity index (χ1n) is 8.63. The fourth-order valence-corrected chi connectivity index (χ4v) is 3.05. The van der Waals surface area contributed by atoms with Gasteiger partial charge >= 0.3 is 0 Å². The summed E-state index contributed by atoms with van der Waals surface area (Å²) in [5.74, 6) is 0.317. The van der Waals surface area contributed by atoms with Crippen LogP contribution in [0.5, 0.6) is 5.75 Å². The number of unbranched alkanes of at least 4 members (excludes halogenated alkanes) is 1. The van der Waals surface area contributed by atoms with E-state index in [4.69, 9.17) is 0 Å². The van der Waals surface area contributed by atoms with Crippen molar-refractivity contribution in [2.24, 2.45) is 5.10 Å². The van der Waals surface area contributed by atoms with Crippen molar-refractivity contribution >= 4 is 38.7 Å². The summed E-state index contributed by atoms with van der Waals surface area (Å²) in [5.41, 5.74) is 0.178. The van der Waals surface area contributed by atoms with Gasteiger partial charge in [-0.15, -0.1) is 0 Å². The average molecular weight is 445 g/mol. The highest BCUT2D eigenvalue weighted by Gasteiger charge is 2.12. The molecule has 0 amide bonds. The van der Waals surface area contributed by atoms with Crippen LogP contribution in [0.3, 0.4) is 0 Å². The zero-order valence-electron chi connectivity index (χ0n) is 15.0. The lowest BCUT2D eigenvalue weighted by Crippen LogP contribution is -2.22. The van der Waals surface area contributed by atoms with Crippen molar-refractivity contribution < 1.29 is 10.0 Å². The maximum absolute atomic E-state index is 13.0. The SMILES string of the molecule is CCCCc1nc2ccc(Br)cc2c(=O)n1N=Cc1cc([N+](=O)[O-])ccc1O. The van der Waals surface area contributed by atoms with E-state index in [2.05, 4.69) is 26.0 Å². The van der Waals surface area contributed by atoms with Crippen LogP contribution in [0.25, 0.3) is 10.9 Å². The summed E-state index contributed by atoms with van der Waals surface area (Å²) in [6.07, 6.45) is 3.52. The van der Waals surface area contributed by atoms with Gasteiger partial charge in [0.25, 0.3) is 11.2 Å². The van der Waals surface area contributed by atoms with Crippen LogP contribution in [0.1, 0.15) is 31.2 Å². The number of hydrogen-bond acceptors (Lipinski definition) is 6. The Hall–Kier alpha value is -3.07. The number of phenolic OH excluding ortho intramolecular Hbond substituents is 1. The molecule has 0 unspecified atom stereocenters. The molecule has 0 aliphatic rings. The fraction of sp³-hybridized carbons (Fsp3) is 0.211. The fourth-order valence-electron chi connectivity index (χ4n) is 2.69. The van der Waals surface area contributed by atoms with Gasteiger partial charge in [-0.1, -0.05) is 29.3 Å². The van der Waals surface area contributed by atoms with Crippen LogP contribution >= 0.6 is 15.9 Å². The molecule has 0 radical (unpaired) electrons. The quantitative estimate of drug-likeness (QED) is 0.350. The monoisotopic (exact) mass is 444 g/mol. The second-order valence-corrected chi connectivity index (χ2v) is 7.07. The largest absolute Gasteiger partial charge is 0.507 e. The zero-order valence-corrected chi connectivity index (χ0v) is 16.6. The molecular weight excluding hydrogens is 428 g/mol. The van der Waals surface area contributed by atoms with Crippen molar-refractivity contribution in [1.29, 1.82) is 0 Å². The summed E-state index contributed by atoms with van der Waals surface area (Å²) in [5, 5.41) is 25.5. The summed E-state index contributed by atoms with van der Waals surface area (Å²) in [4.78, 5) is 27.9. The van der Waals surface area contributed by atoms with Gasteiger partial charge < -0.3 is 5.11 Å². The number of non-ortho nitro benzene ring substituents is 1. The number of nitrogens with zero attached hydrogens (tertiary/aromatic N) is 4. The first kappa shape index (κ1) is 19.7. The third kappa shape index (κ3) is 4.09. The van der Waals surface area contributed by atoms with E-state index >= 15 is 0 Å². The van der Waals surface area contributed by atoms with Crippen LogP contribution in [0.4, 0.5) is 5.69 Å². The van der Waals surface area contributed by atoms with Crippen molar-refractivity contribution in [3.8, 4) is 5.75 Å². The first-order valence-corrected chi connectivity index (χ1v) is 9.43. The van der Waals surface area contributed by atoms with Crippen molar-refractivity contribution in [1.82, 2.24) is 9.66 Å². The highest BCUT2D eigenvalue weighted by atomic mass is 79.9. The molecule has 2 aromatic carbocycles. The zero-order chi connectivity index (χ0) is 20.3. The maximum Gasteiger partial charge on any atom is 0.282 e. The van der Waals surface area contributed by atoms with Crippen molar-refractivity contribution in [2.75, 3.05) is 0 Å². The Balaban J connectivity index is 2.14. The molecule has 0 spiro atoms. The lowest BCUT2D eigenvalue weighted by Gasteiger charge is -2.09. The third-order valence-corrected chi connectivity index (χ3v) is 4.66. The Labute approximate surface area is 168 Å². The predicted molar refractivity (Wildman–Crippen MR) is 110 cm³/mol. The van der Waals surface area contributed by atoms with Gasteiger partial charge in [0.2, 0.25) is 0 Å². The summed E-state index contributed by atoms with van der Waals surface area (Å²) in [6, 6.07) is 8.85. The molecule has 3 aromatic rings. The van der Waals surface area contributed by atoms with Crippen LogP contribution in [0.15, 0.2) is 50.8 Å². The molecule has 8 nitrogen and oxygen atoms in total. The molecule has 0 atom stereocenters. The lowest BCUT2D eigenvalue weighted by molar-refractivity contribution is -0.384. The molecule has 3 rings (SSSR count). The summed E-state index contributed by atoms with van der Waals surface area (Å²) < 4.78 is 1.93. The van der Waals surface area contributed by atoms with Crippen molar-refractivity contribution in [3.05, 3.63) is 72.7 Å². The Bertz CT molecular complexity index is 1140. The van der Waals surface area contributed by atoms with E-state index in [9.17, 15) is 20.0 Å². The molecule has 144 valence electrons. The lowest BCUT2D eigenvalue weighted by atomic mass is 10.2. The van der Waals surface area contributed by atoms with Gasteiger partial charge in [0, 0.05) is 28.6 Å². The van der Waals surface area contributed by atoms with Gasteiger partial charge in [0.15, 0.2) is 0 Å². The van der Waals surface area contributed by atoms with E-state index in [0.29, 0.717) is 23.1 Å². The molecule has 9 heteroatoms. The molecule has 1 aromatic heterocycles. The van der Waals surface area contributed by atoms with Gasteiger partial charge in [0.05, 0.1) is 22.0 Å². The van der Waals surface area contributed by atoms with Crippen molar-refractivity contribution in [3.63, 3.8) is 0 Å². The molecule has 0 bridgehead atoms. The number of hydrogen-bond donors (Lipinski definition) is 1. The minimum Gasteiger partial charge on any atom is -0.507 e. The van der Waals surface area contributed by atoms with Crippen LogP contribution in [-0.4, -0.2) is 25.9 Å². The number of nitro benzene ring substituents is 1. The third-order valence-electron chi connectivity index (χ3n) is 4.16. The number of fused-ring (bicyclic) bond motifs is 1. The molecule has 0 saturated carbocycles. The Kier molecular flexibility index (Phi) is 5.84. The van der Waals surface area contributed by atoms with E-state index in [0.717, 1.165) is 17.3 Å². The van der Waals surface area contributed by atoms with Gasteiger partial charge in [-0.2, -0.15) is 9.78 Å². The molecular formula is C19H17BrN4O4. The predicted octanol–water partition coefficient (Wildman–Crippen LogP) is 4.00. The first-order chi connectivity index (χ1) is 13.4. The maximum atomic E-state index is 13.0. The standard InChI is InChI=1S/C19H17BrN4O4/c1-2-3-4-18-22-16-7-5-13(20)10-15(16)19(26)23(18)21-11-12-9-14(24(27)28)6-8-17(12)25/h5-11,25H,2-4H2,1H3. The number of aromatic hydroxyl groups is 1. The second kappa shape index (κ2) is 8.30. The Morgan fingerprint density at radius 1 is 1.32 bits per heavy atom. The topological polar surface area (TPSA) is 111 Å². The summed E-state index contributed by atoms with van der Waals surface area (Å²) >= 11 is 3.35. The summed E-state index contributed by atoms with van der Waals surface area (Å²) in [6.45, 7) is 2.03. The number of halogens is 1. The molecule has 0 fully saturated rings. The highest BCUT2D eigenvalue weighted by Crippen LogP contribution is 2.21. The smallest absolute Gasteiger partial charge is 0.282 e. The Morgan fingerprint density at radius 2 is 2.11 bits per heavy atom. The van der Waals surface area contributed by atoms with Gasteiger partial charge in [0.1, 0.15) is 11.6 Å². The molecule has 0 aliphatic heterocycles. The highest BCUT2D eigenvalue weighted by molar-refractivity contribution is 9.10. The number of aryl methyl sites for hydroxylation is 1.